The Labute approximate surface area is 142 Å². The van der Waals surface area contributed by atoms with Crippen molar-refractivity contribution in [2.75, 3.05) is 0 Å². The standard InChI is InChI=1S/C17H13ClFN5/c18-16-6-5-11(7-20-16)9-24-10-15-14(8-21-24)22-17(23-15)12-3-1-2-4-13(12)19/h1-8H,9-10H2,(H,22,23). The molecule has 3 heterocycles. The number of nitrogens with one attached hydrogen (secondary N) is 1. The van der Waals surface area contributed by atoms with E-state index in [0.29, 0.717) is 29.6 Å². The minimum atomic E-state index is -0.301. The molecule has 120 valence electrons. The van der Waals surface area contributed by atoms with Gasteiger partial charge in [0.15, 0.2) is 0 Å². The number of hydrazone groups is 1. The Bertz CT molecular complexity index is 904. The zero-order valence-corrected chi connectivity index (χ0v) is 13.3. The van der Waals surface area contributed by atoms with Gasteiger partial charge in [-0.3, -0.25) is 5.01 Å². The highest BCUT2D eigenvalue weighted by molar-refractivity contribution is 6.29. The van der Waals surface area contributed by atoms with Crippen molar-refractivity contribution in [3.8, 4) is 11.4 Å². The average molecular weight is 342 g/mol. The molecule has 1 aliphatic rings. The second kappa shape index (κ2) is 6.05. The summed E-state index contributed by atoms with van der Waals surface area (Å²) < 4.78 is 13.9. The molecule has 7 heteroatoms. The van der Waals surface area contributed by atoms with Crippen molar-refractivity contribution in [2.24, 2.45) is 5.10 Å². The molecule has 0 atom stereocenters. The quantitative estimate of drug-likeness (QED) is 0.740. The molecule has 0 amide bonds. The van der Waals surface area contributed by atoms with E-state index in [9.17, 15) is 4.39 Å². The number of rotatable bonds is 3. The number of imidazole rings is 1. The van der Waals surface area contributed by atoms with Gasteiger partial charge in [-0.15, -0.1) is 0 Å². The molecular weight excluding hydrogens is 329 g/mol. The summed E-state index contributed by atoms with van der Waals surface area (Å²) in [6.45, 7) is 1.14. The Morgan fingerprint density at radius 3 is 2.88 bits per heavy atom. The Hall–Kier alpha value is -2.73. The van der Waals surface area contributed by atoms with Crippen LogP contribution in [0.3, 0.4) is 0 Å². The molecule has 3 aromatic rings. The van der Waals surface area contributed by atoms with E-state index in [1.165, 1.54) is 6.07 Å². The van der Waals surface area contributed by atoms with Crippen LogP contribution in [0.1, 0.15) is 17.0 Å². The molecule has 2 aromatic heterocycles. The highest BCUT2D eigenvalue weighted by atomic mass is 35.5. The number of pyridine rings is 1. The Morgan fingerprint density at radius 2 is 2.08 bits per heavy atom. The van der Waals surface area contributed by atoms with Gasteiger partial charge in [0.2, 0.25) is 0 Å². The molecule has 0 aliphatic carbocycles. The van der Waals surface area contributed by atoms with E-state index in [1.807, 2.05) is 11.1 Å². The maximum absolute atomic E-state index is 13.9. The maximum Gasteiger partial charge on any atom is 0.141 e. The van der Waals surface area contributed by atoms with Crippen LogP contribution in [0.2, 0.25) is 5.15 Å². The Balaban J connectivity index is 1.55. The second-order valence-corrected chi connectivity index (χ2v) is 5.87. The van der Waals surface area contributed by atoms with Crippen LogP contribution in [0.4, 0.5) is 4.39 Å². The molecule has 0 spiro atoms. The van der Waals surface area contributed by atoms with Crippen LogP contribution in [0.25, 0.3) is 11.4 Å². The first-order valence-corrected chi connectivity index (χ1v) is 7.80. The topological polar surface area (TPSA) is 57.2 Å². The molecular formula is C17H13ClFN5. The number of halogens is 2. The van der Waals surface area contributed by atoms with Crippen LogP contribution in [0.15, 0.2) is 47.7 Å². The number of benzene rings is 1. The lowest BCUT2D eigenvalue weighted by molar-refractivity contribution is 0.264. The van der Waals surface area contributed by atoms with Crippen molar-refractivity contribution in [1.82, 2.24) is 20.0 Å². The normalized spacial score (nSPS) is 13.2. The minimum Gasteiger partial charge on any atom is -0.337 e. The lowest BCUT2D eigenvalue weighted by Gasteiger charge is -2.21. The summed E-state index contributed by atoms with van der Waals surface area (Å²) in [5, 5.41) is 6.74. The first kappa shape index (κ1) is 14.8. The molecule has 24 heavy (non-hydrogen) atoms. The number of H-pyrrole nitrogens is 1. The second-order valence-electron chi connectivity index (χ2n) is 5.48. The third-order valence-electron chi connectivity index (χ3n) is 3.78. The van der Waals surface area contributed by atoms with Crippen molar-refractivity contribution >= 4 is 17.8 Å². The molecule has 1 aromatic carbocycles. The van der Waals surface area contributed by atoms with Crippen molar-refractivity contribution < 1.29 is 4.39 Å². The van der Waals surface area contributed by atoms with E-state index in [-0.39, 0.29) is 5.82 Å². The van der Waals surface area contributed by atoms with Gasteiger partial charge < -0.3 is 4.98 Å². The lowest BCUT2D eigenvalue weighted by atomic mass is 10.2. The molecule has 0 radical (unpaired) electrons. The van der Waals surface area contributed by atoms with Gasteiger partial charge in [-0.2, -0.15) is 5.10 Å². The smallest absolute Gasteiger partial charge is 0.141 e. The number of nitrogens with zero attached hydrogens (tertiary/aromatic N) is 4. The lowest BCUT2D eigenvalue weighted by Crippen LogP contribution is -2.21. The Morgan fingerprint density at radius 1 is 1.21 bits per heavy atom. The predicted molar refractivity (Wildman–Crippen MR) is 90.1 cm³/mol. The van der Waals surface area contributed by atoms with Crippen LogP contribution < -0.4 is 0 Å². The van der Waals surface area contributed by atoms with Gasteiger partial charge in [-0.1, -0.05) is 29.8 Å². The zero-order chi connectivity index (χ0) is 16.5. The summed E-state index contributed by atoms with van der Waals surface area (Å²) in [5.41, 5.74) is 3.10. The van der Waals surface area contributed by atoms with Gasteiger partial charge in [0.1, 0.15) is 16.8 Å². The van der Waals surface area contributed by atoms with E-state index < -0.39 is 0 Å². The van der Waals surface area contributed by atoms with E-state index in [4.69, 9.17) is 11.6 Å². The number of fused-ring (bicyclic) bond motifs is 1. The summed E-state index contributed by atoms with van der Waals surface area (Å²) in [4.78, 5) is 11.7. The monoisotopic (exact) mass is 341 g/mol. The number of aromatic nitrogens is 3. The molecule has 0 unspecified atom stereocenters. The minimum absolute atomic E-state index is 0.301. The van der Waals surface area contributed by atoms with Gasteiger partial charge in [0.25, 0.3) is 0 Å². The van der Waals surface area contributed by atoms with Gasteiger partial charge in [-0.25, -0.2) is 14.4 Å². The number of hydrogen-bond acceptors (Lipinski definition) is 4. The van der Waals surface area contributed by atoms with Crippen molar-refractivity contribution in [3.05, 3.63) is 70.5 Å². The number of hydrogen-bond donors (Lipinski definition) is 1. The molecule has 1 N–H and O–H groups in total. The third-order valence-corrected chi connectivity index (χ3v) is 4.00. The highest BCUT2D eigenvalue weighted by Crippen LogP contribution is 2.23. The molecule has 4 rings (SSSR count). The summed E-state index contributed by atoms with van der Waals surface area (Å²) in [7, 11) is 0. The van der Waals surface area contributed by atoms with Gasteiger partial charge in [0.05, 0.1) is 36.3 Å². The SMILES string of the molecule is Fc1ccccc1-c1nc2c([nH]1)C=NN(Cc1ccc(Cl)nc1)C2. The molecule has 0 saturated carbocycles. The summed E-state index contributed by atoms with van der Waals surface area (Å²) in [6, 6.07) is 10.2. The summed E-state index contributed by atoms with van der Waals surface area (Å²) in [5.74, 6) is 0.212. The van der Waals surface area contributed by atoms with Crippen LogP contribution in [-0.4, -0.2) is 26.2 Å². The fourth-order valence-electron chi connectivity index (χ4n) is 2.59. The number of aromatic amines is 1. The molecule has 0 bridgehead atoms. The fourth-order valence-corrected chi connectivity index (χ4v) is 2.70. The predicted octanol–water partition coefficient (Wildman–Crippen LogP) is 3.61. The van der Waals surface area contributed by atoms with Crippen LogP contribution >= 0.6 is 11.6 Å². The molecule has 1 aliphatic heterocycles. The Kier molecular flexibility index (Phi) is 3.74. The first-order valence-electron chi connectivity index (χ1n) is 7.42. The van der Waals surface area contributed by atoms with E-state index in [2.05, 4.69) is 20.1 Å². The summed E-state index contributed by atoms with van der Waals surface area (Å²) in [6.07, 6.45) is 3.43. The van der Waals surface area contributed by atoms with Gasteiger partial charge >= 0.3 is 0 Å². The first-order chi connectivity index (χ1) is 11.7. The van der Waals surface area contributed by atoms with Crippen molar-refractivity contribution in [2.45, 2.75) is 13.1 Å². The van der Waals surface area contributed by atoms with E-state index in [0.717, 1.165) is 17.0 Å². The van der Waals surface area contributed by atoms with Crippen LogP contribution in [-0.2, 0) is 13.1 Å². The van der Waals surface area contributed by atoms with Crippen LogP contribution in [0.5, 0.6) is 0 Å². The van der Waals surface area contributed by atoms with E-state index >= 15 is 0 Å². The average Bonchev–Trinajstić information content (AvgIpc) is 3.00. The van der Waals surface area contributed by atoms with Crippen molar-refractivity contribution in [3.63, 3.8) is 0 Å². The fraction of sp³-hybridized carbons (Fsp3) is 0.118. The largest absolute Gasteiger partial charge is 0.337 e. The molecule has 5 nitrogen and oxygen atoms in total. The van der Waals surface area contributed by atoms with Crippen LogP contribution in [0, 0.1) is 5.82 Å². The highest BCUT2D eigenvalue weighted by Gasteiger charge is 2.18. The van der Waals surface area contributed by atoms with Gasteiger partial charge in [-0.05, 0) is 23.8 Å². The third kappa shape index (κ3) is 2.88. The van der Waals surface area contributed by atoms with Gasteiger partial charge in [0, 0.05) is 6.20 Å². The summed E-state index contributed by atoms with van der Waals surface area (Å²) >= 11 is 5.80. The van der Waals surface area contributed by atoms with E-state index in [1.54, 1.807) is 36.7 Å². The maximum atomic E-state index is 13.9. The zero-order valence-electron chi connectivity index (χ0n) is 12.6. The molecule has 0 fully saturated rings. The van der Waals surface area contributed by atoms with Crippen molar-refractivity contribution in [1.29, 1.82) is 0 Å². The molecule has 0 saturated heterocycles.